The third kappa shape index (κ3) is 5.24. The molecule has 33 heavy (non-hydrogen) atoms. The van der Waals surface area contributed by atoms with Crippen LogP contribution < -0.4 is 15.4 Å². The second-order valence-corrected chi connectivity index (χ2v) is 6.97. The zero-order valence-corrected chi connectivity index (χ0v) is 18.2. The van der Waals surface area contributed by atoms with Crippen LogP contribution in [0.3, 0.4) is 0 Å². The normalized spacial score (nSPS) is 10.2. The van der Waals surface area contributed by atoms with Gasteiger partial charge in [0.1, 0.15) is 17.1 Å². The van der Waals surface area contributed by atoms with Crippen LogP contribution in [0, 0.1) is 5.41 Å². The van der Waals surface area contributed by atoms with Crippen molar-refractivity contribution in [2.24, 2.45) is 5.73 Å². The summed E-state index contributed by atoms with van der Waals surface area (Å²) in [6.07, 6.45) is 0. The first-order valence-corrected chi connectivity index (χ1v) is 10.1. The lowest BCUT2D eigenvalue weighted by Gasteiger charge is -2.21. The molecule has 0 bridgehead atoms. The third-order valence-electron chi connectivity index (χ3n) is 4.90. The van der Waals surface area contributed by atoms with Gasteiger partial charge in [0.25, 0.3) is 5.91 Å². The summed E-state index contributed by atoms with van der Waals surface area (Å²) in [6.45, 7) is 2.37. The predicted molar refractivity (Wildman–Crippen MR) is 124 cm³/mol. The fraction of sp³-hybridized carbons (Fsp3) is 0.120. The summed E-state index contributed by atoms with van der Waals surface area (Å²) in [5.41, 5.74) is 7.11. The molecule has 8 heteroatoms. The SMILES string of the molecule is CCN(C(=O)c1ccc(C(=O)Oc2ccc(C(=N)N)cc2C(=O)OC)cc1)c1ccccc1. The molecule has 3 aromatic carbocycles. The van der Waals surface area contributed by atoms with Gasteiger partial charge in [-0.3, -0.25) is 10.2 Å². The van der Waals surface area contributed by atoms with E-state index in [2.05, 4.69) is 0 Å². The topological polar surface area (TPSA) is 123 Å². The Kier molecular flexibility index (Phi) is 7.20. The van der Waals surface area contributed by atoms with Gasteiger partial charge in [-0.1, -0.05) is 18.2 Å². The minimum absolute atomic E-state index is 0.0294. The number of nitrogen functional groups attached to an aromatic ring is 1. The number of hydrogen-bond donors (Lipinski definition) is 2. The Morgan fingerprint density at radius 1 is 0.879 bits per heavy atom. The molecule has 3 N–H and O–H groups in total. The van der Waals surface area contributed by atoms with Crippen LogP contribution in [0.5, 0.6) is 5.75 Å². The van der Waals surface area contributed by atoms with E-state index in [1.807, 2.05) is 37.3 Å². The number of anilines is 1. The largest absolute Gasteiger partial charge is 0.465 e. The molecule has 0 spiro atoms. The van der Waals surface area contributed by atoms with Gasteiger partial charge >= 0.3 is 11.9 Å². The molecular formula is C25H23N3O5. The van der Waals surface area contributed by atoms with Gasteiger partial charge < -0.3 is 20.1 Å². The van der Waals surface area contributed by atoms with Gasteiger partial charge in [0.05, 0.1) is 12.7 Å². The number of nitrogens with two attached hydrogens (primary N) is 1. The van der Waals surface area contributed by atoms with E-state index in [0.29, 0.717) is 12.1 Å². The molecule has 0 aliphatic heterocycles. The van der Waals surface area contributed by atoms with Crippen molar-refractivity contribution in [3.8, 4) is 5.75 Å². The Morgan fingerprint density at radius 3 is 2.06 bits per heavy atom. The molecule has 3 rings (SSSR count). The molecule has 3 aromatic rings. The quantitative estimate of drug-likeness (QED) is 0.248. The summed E-state index contributed by atoms with van der Waals surface area (Å²) >= 11 is 0. The third-order valence-corrected chi connectivity index (χ3v) is 4.90. The number of ether oxygens (including phenoxy) is 2. The van der Waals surface area contributed by atoms with Gasteiger partial charge in [-0.15, -0.1) is 0 Å². The van der Waals surface area contributed by atoms with Gasteiger partial charge in [-0.2, -0.15) is 0 Å². The van der Waals surface area contributed by atoms with Crippen LogP contribution in [0.4, 0.5) is 5.69 Å². The maximum Gasteiger partial charge on any atom is 0.343 e. The summed E-state index contributed by atoms with van der Waals surface area (Å²) in [7, 11) is 1.19. The highest BCUT2D eigenvalue weighted by atomic mass is 16.5. The summed E-state index contributed by atoms with van der Waals surface area (Å²) < 4.78 is 10.1. The number of para-hydroxylation sites is 1. The van der Waals surface area contributed by atoms with E-state index in [9.17, 15) is 14.4 Å². The highest BCUT2D eigenvalue weighted by Gasteiger charge is 2.20. The van der Waals surface area contributed by atoms with Crippen molar-refractivity contribution in [1.82, 2.24) is 0 Å². The predicted octanol–water partition coefficient (Wildman–Crippen LogP) is 3.64. The van der Waals surface area contributed by atoms with Crippen molar-refractivity contribution in [3.05, 3.63) is 95.1 Å². The van der Waals surface area contributed by atoms with Gasteiger partial charge in [0.2, 0.25) is 0 Å². The monoisotopic (exact) mass is 445 g/mol. The Morgan fingerprint density at radius 2 is 1.48 bits per heavy atom. The average molecular weight is 445 g/mol. The second kappa shape index (κ2) is 10.2. The van der Waals surface area contributed by atoms with Gasteiger partial charge in [0.15, 0.2) is 0 Å². The molecule has 0 saturated carbocycles. The van der Waals surface area contributed by atoms with Crippen LogP contribution in [0.1, 0.15) is 43.6 Å². The molecule has 8 nitrogen and oxygen atoms in total. The number of carbonyl (C=O) groups is 3. The number of carbonyl (C=O) groups excluding carboxylic acids is 3. The number of amidine groups is 1. The van der Waals surface area contributed by atoms with Gasteiger partial charge in [0, 0.05) is 23.4 Å². The molecule has 0 saturated heterocycles. The minimum atomic E-state index is -0.734. The molecule has 168 valence electrons. The molecule has 0 atom stereocenters. The van der Waals surface area contributed by atoms with Crippen molar-refractivity contribution < 1.29 is 23.9 Å². The summed E-state index contributed by atoms with van der Waals surface area (Å²) in [6, 6.07) is 19.5. The zero-order valence-electron chi connectivity index (χ0n) is 18.2. The first-order valence-electron chi connectivity index (χ1n) is 10.1. The lowest BCUT2D eigenvalue weighted by atomic mass is 10.1. The van der Waals surface area contributed by atoms with Crippen molar-refractivity contribution in [2.45, 2.75) is 6.92 Å². The summed E-state index contributed by atoms with van der Waals surface area (Å²) in [4.78, 5) is 39.3. The highest BCUT2D eigenvalue weighted by molar-refractivity contribution is 6.06. The maximum atomic E-state index is 12.9. The van der Waals surface area contributed by atoms with Crippen molar-refractivity contribution in [3.63, 3.8) is 0 Å². The molecular weight excluding hydrogens is 422 g/mol. The number of esters is 2. The van der Waals surface area contributed by atoms with E-state index >= 15 is 0 Å². The van der Waals surface area contributed by atoms with Crippen LogP contribution in [0.15, 0.2) is 72.8 Å². The minimum Gasteiger partial charge on any atom is -0.465 e. The molecule has 0 radical (unpaired) electrons. The molecule has 0 fully saturated rings. The fourth-order valence-corrected chi connectivity index (χ4v) is 3.17. The summed E-state index contributed by atoms with van der Waals surface area (Å²) in [5.74, 6) is -1.92. The van der Waals surface area contributed by atoms with Crippen molar-refractivity contribution in [2.75, 3.05) is 18.6 Å². The maximum absolute atomic E-state index is 12.9. The van der Waals surface area contributed by atoms with Crippen LogP contribution >= 0.6 is 0 Å². The number of hydrogen-bond acceptors (Lipinski definition) is 6. The van der Waals surface area contributed by atoms with E-state index in [-0.39, 0.29) is 34.2 Å². The van der Waals surface area contributed by atoms with Gasteiger partial charge in [-0.05, 0) is 61.5 Å². The Labute approximate surface area is 191 Å². The molecule has 0 aromatic heterocycles. The Hall–Kier alpha value is -4.46. The van der Waals surface area contributed by atoms with Gasteiger partial charge in [-0.25, -0.2) is 9.59 Å². The Bertz CT molecular complexity index is 1190. The lowest BCUT2D eigenvalue weighted by Crippen LogP contribution is -2.30. The number of methoxy groups -OCH3 is 1. The zero-order chi connectivity index (χ0) is 24.0. The van der Waals surface area contributed by atoms with Crippen molar-refractivity contribution >= 4 is 29.4 Å². The average Bonchev–Trinajstić information content (AvgIpc) is 2.84. The fourth-order valence-electron chi connectivity index (χ4n) is 3.17. The van der Waals surface area contributed by atoms with Crippen LogP contribution in [0.2, 0.25) is 0 Å². The first kappa shape index (κ1) is 23.2. The molecule has 1 amide bonds. The second-order valence-electron chi connectivity index (χ2n) is 6.97. The number of rotatable bonds is 7. The molecule has 0 unspecified atom stereocenters. The van der Waals surface area contributed by atoms with Crippen LogP contribution in [-0.4, -0.2) is 37.3 Å². The summed E-state index contributed by atoms with van der Waals surface area (Å²) in [5, 5.41) is 7.52. The van der Waals surface area contributed by atoms with E-state index in [1.165, 1.54) is 37.4 Å². The molecule has 0 aliphatic rings. The Balaban J connectivity index is 1.80. The molecule has 0 aliphatic carbocycles. The lowest BCUT2D eigenvalue weighted by molar-refractivity contribution is 0.0592. The van der Waals surface area contributed by atoms with Crippen molar-refractivity contribution in [1.29, 1.82) is 5.41 Å². The standard InChI is InChI=1S/C25H23N3O5/c1-3-28(19-7-5-4-6-8-19)23(29)16-9-11-17(12-10-16)24(30)33-21-14-13-18(22(26)27)15-20(21)25(31)32-2/h4-15H,3H2,1-2H3,(H3,26,27). The van der Waals surface area contributed by atoms with E-state index in [4.69, 9.17) is 20.6 Å². The van der Waals surface area contributed by atoms with Crippen LogP contribution in [0.25, 0.3) is 0 Å². The van der Waals surface area contributed by atoms with E-state index in [0.717, 1.165) is 5.69 Å². The highest BCUT2D eigenvalue weighted by Crippen LogP contribution is 2.23. The number of nitrogens with one attached hydrogen (secondary N) is 1. The van der Waals surface area contributed by atoms with Crippen LogP contribution in [-0.2, 0) is 4.74 Å². The number of amides is 1. The van der Waals surface area contributed by atoms with E-state index < -0.39 is 11.9 Å². The first-order chi connectivity index (χ1) is 15.8. The van der Waals surface area contributed by atoms with E-state index in [1.54, 1.807) is 17.0 Å². The molecule has 0 heterocycles. The smallest absolute Gasteiger partial charge is 0.343 e. The number of benzene rings is 3. The number of nitrogens with zero attached hydrogens (tertiary/aromatic N) is 1.